The molecule has 1 aromatic heterocycles. The van der Waals surface area contributed by atoms with Crippen molar-refractivity contribution in [3.05, 3.63) is 41.4 Å². The molecule has 2 aromatic rings. The second kappa shape index (κ2) is 5.79. The maximum atomic E-state index is 13.8. The Hall–Kier alpha value is -1.95. The summed E-state index contributed by atoms with van der Waals surface area (Å²) in [6, 6.07) is 4.72. The second-order valence-electron chi connectivity index (χ2n) is 4.20. The molecule has 19 heavy (non-hydrogen) atoms. The van der Waals surface area contributed by atoms with Gasteiger partial charge in [-0.15, -0.1) is 10.2 Å². The van der Waals surface area contributed by atoms with Crippen LogP contribution in [0.25, 0.3) is 0 Å². The van der Waals surface area contributed by atoms with Crippen LogP contribution in [0.15, 0.2) is 22.6 Å². The van der Waals surface area contributed by atoms with Crippen molar-refractivity contribution in [2.45, 2.75) is 26.5 Å². The van der Waals surface area contributed by atoms with Crippen LogP contribution in [0.2, 0.25) is 0 Å². The number of hydrogen-bond acceptors (Lipinski definition) is 5. The van der Waals surface area contributed by atoms with E-state index in [1.54, 1.807) is 26.1 Å². The molecule has 6 heteroatoms. The summed E-state index contributed by atoms with van der Waals surface area (Å²) in [6.07, 6.45) is 0. The van der Waals surface area contributed by atoms with Gasteiger partial charge in [0.15, 0.2) is 6.61 Å². The van der Waals surface area contributed by atoms with E-state index in [-0.39, 0.29) is 18.5 Å². The monoisotopic (exact) mass is 265 g/mol. The number of aromatic nitrogens is 2. The molecule has 0 amide bonds. The molecule has 1 heterocycles. The molecule has 2 rings (SSSR count). The van der Waals surface area contributed by atoms with Gasteiger partial charge in [0, 0.05) is 24.6 Å². The molecule has 5 nitrogen and oxygen atoms in total. The SMILES string of the molecule is CNC(C)c1ccc(OCc2nnc(C)o2)cc1F. The lowest BCUT2D eigenvalue weighted by molar-refractivity contribution is 0.259. The zero-order chi connectivity index (χ0) is 13.8. The lowest BCUT2D eigenvalue weighted by atomic mass is 10.1. The van der Waals surface area contributed by atoms with Crippen LogP contribution in [-0.2, 0) is 6.61 Å². The molecule has 0 aliphatic rings. The van der Waals surface area contributed by atoms with Crippen LogP contribution in [0.1, 0.15) is 30.3 Å². The van der Waals surface area contributed by atoms with Gasteiger partial charge in [0.05, 0.1) is 0 Å². The van der Waals surface area contributed by atoms with Gasteiger partial charge in [0.1, 0.15) is 11.6 Å². The van der Waals surface area contributed by atoms with Gasteiger partial charge >= 0.3 is 0 Å². The Morgan fingerprint density at radius 2 is 2.21 bits per heavy atom. The molecule has 0 saturated heterocycles. The minimum atomic E-state index is -0.305. The highest BCUT2D eigenvalue weighted by Gasteiger charge is 2.10. The third kappa shape index (κ3) is 3.29. The van der Waals surface area contributed by atoms with E-state index in [0.29, 0.717) is 23.1 Å². The maximum Gasteiger partial charge on any atom is 0.253 e. The average Bonchev–Trinajstić information content (AvgIpc) is 2.81. The fourth-order valence-electron chi connectivity index (χ4n) is 1.65. The predicted octanol–water partition coefficient (Wildman–Crippen LogP) is 2.38. The Morgan fingerprint density at radius 1 is 1.42 bits per heavy atom. The molecule has 0 fully saturated rings. The highest BCUT2D eigenvalue weighted by atomic mass is 19.1. The molecule has 1 aromatic carbocycles. The van der Waals surface area contributed by atoms with Gasteiger partial charge in [0.2, 0.25) is 5.89 Å². The lowest BCUT2D eigenvalue weighted by Gasteiger charge is -2.12. The summed E-state index contributed by atoms with van der Waals surface area (Å²) in [5.74, 6) is 0.968. The van der Waals surface area contributed by atoms with Crippen molar-refractivity contribution in [3.63, 3.8) is 0 Å². The van der Waals surface area contributed by atoms with Crippen molar-refractivity contribution in [1.29, 1.82) is 0 Å². The largest absolute Gasteiger partial charge is 0.484 e. The molecule has 0 spiro atoms. The second-order valence-corrected chi connectivity index (χ2v) is 4.20. The number of benzene rings is 1. The number of rotatable bonds is 5. The van der Waals surface area contributed by atoms with Gasteiger partial charge in [-0.1, -0.05) is 6.07 Å². The summed E-state index contributed by atoms with van der Waals surface area (Å²) >= 11 is 0. The van der Waals surface area contributed by atoms with E-state index in [4.69, 9.17) is 9.15 Å². The molecule has 0 aliphatic carbocycles. The first-order valence-corrected chi connectivity index (χ1v) is 5.98. The molecular weight excluding hydrogens is 249 g/mol. The van der Waals surface area contributed by atoms with Crippen molar-refractivity contribution in [1.82, 2.24) is 15.5 Å². The van der Waals surface area contributed by atoms with Gasteiger partial charge in [-0.3, -0.25) is 0 Å². The van der Waals surface area contributed by atoms with Crippen LogP contribution in [0.3, 0.4) is 0 Å². The number of nitrogens with zero attached hydrogens (tertiary/aromatic N) is 2. The number of hydrogen-bond donors (Lipinski definition) is 1. The van der Waals surface area contributed by atoms with E-state index in [1.807, 2.05) is 6.92 Å². The van der Waals surface area contributed by atoms with Gasteiger partial charge in [-0.2, -0.15) is 0 Å². The summed E-state index contributed by atoms with van der Waals surface area (Å²) in [5.41, 5.74) is 0.600. The first-order chi connectivity index (χ1) is 9.10. The number of halogens is 1. The number of aryl methyl sites for hydroxylation is 1. The molecule has 102 valence electrons. The van der Waals surface area contributed by atoms with Crippen LogP contribution in [0, 0.1) is 12.7 Å². The van der Waals surface area contributed by atoms with Crippen LogP contribution >= 0.6 is 0 Å². The Bertz CT molecular complexity index is 557. The summed E-state index contributed by atoms with van der Waals surface area (Å²) in [7, 11) is 1.78. The smallest absolute Gasteiger partial charge is 0.253 e. The summed E-state index contributed by atoms with van der Waals surface area (Å²) in [4.78, 5) is 0. The van der Waals surface area contributed by atoms with Gasteiger partial charge in [0.25, 0.3) is 5.89 Å². The zero-order valence-electron chi connectivity index (χ0n) is 11.1. The quantitative estimate of drug-likeness (QED) is 0.899. The molecular formula is C13H16FN3O2. The van der Waals surface area contributed by atoms with E-state index in [2.05, 4.69) is 15.5 Å². The van der Waals surface area contributed by atoms with Crippen LogP contribution in [0.5, 0.6) is 5.75 Å². The summed E-state index contributed by atoms with van der Waals surface area (Å²) in [5, 5.41) is 10.5. The molecule has 0 aliphatic heterocycles. The standard InChI is InChI=1S/C13H16FN3O2/c1-8(15-3)11-5-4-10(6-12(11)14)18-7-13-17-16-9(2)19-13/h4-6,8,15H,7H2,1-3H3. The molecule has 0 saturated carbocycles. The average molecular weight is 265 g/mol. The van der Waals surface area contributed by atoms with E-state index in [0.717, 1.165) is 0 Å². The first-order valence-electron chi connectivity index (χ1n) is 5.98. The van der Waals surface area contributed by atoms with Gasteiger partial charge < -0.3 is 14.5 Å². The van der Waals surface area contributed by atoms with E-state index >= 15 is 0 Å². The van der Waals surface area contributed by atoms with Crippen molar-refractivity contribution in [2.24, 2.45) is 0 Å². The Balaban J connectivity index is 2.04. The third-order valence-electron chi connectivity index (χ3n) is 2.80. The zero-order valence-corrected chi connectivity index (χ0v) is 11.1. The van der Waals surface area contributed by atoms with E-state index in [1.165, 1.54) is 6.07 Å². The molecule has 1 unspecified atom stereocenters. The first kappa shape index (κ1) is 13.5. The van der Waals surface area contributed by atoms with Crippen LogP contribution in [-0.4, -0.2) is 17.2 Å². The van der Waals surface area contributed by atoms with Crippen molar-refractivity contribution in [3.8, 4) is 5.75 Å². The highest BCUT2D eigenvalue weighted by molar-refractivity contribution is 5.30. The van der Waals surface area contributed by atoms with Gasteiger partial charge in [-0.05, 0) is 20.0 Å². The van der Waals surface area contributed by atoms with Crippen molar-refractivity contribution in [2.75, 3.05) is 7.05 Å². The number of ether oxygens (including phenoxy) is 1. The van der Waals surface area contributed by atoms with Crippen molar-refractivity contribution < 1.29 is 13.5 Å². The summed E-state index contributed by atoms with van der Waals surface area (Å²) < 4.78 is 24.4. The predicted molar refractivity (Wildman–Crippen MR) is 67.2 cm³/mol. The Labute approximate surface area is 110 Å². The molecule has 0 bridgehead atoms. The number of nitrogens with one attached hydrogen (secondary N) is 1. The minimum absolute atomic E-state index is 0.0485. The topological polar surface area (TPSA) is 60.2 Å². The third-order valence-corrected chi connectivity index (χ3v) is 2.80. The van der Waals surface area contributed by atoms with Crippen molar-refractivity contribution >= 4 is 0 Å². The van der Waals surface area contributed by atoms with Crippen LogP contribution in [0.4, 0.5) is 4.39 Å². The Kier molecular flexibility index (Phi) is 4.11. The fourth-order valence-corrected chi connectivity index (χ4v) is 1.65. The molecule has 1 atom stereocenters. The summed E-state index contributed by atoms with van der Waals surface area (Å²) in [6.45, 7) is 3.71. The normalized spacial score (nSPS) is 12.4. The Morgan fingerprint density at radius 3 is 2.79 bits per heavy atom. The lowest BCUT2D eigenvalue weighted by Crippen LogP contribution is -2.13. The maximum absolute atomic E-state index is 13.8. The fraction of sp³-hybridized carbons (Fsp3) is 0.385. The minimum Gasteiger partial charge on any atom is -0.484 e. The molecule has 1 N–H and O–H groups in total. The van der Waals surface area contributed by atoms with E-state index in [9.17, 15) is 4.39 Å². The van der Waals surface area contributed by atoms with Crippen LogP contribution < -0.4 is 10.1 Å². The van der Waals surface area contributed by atoms with Gasteiger partial charge in [-0.25, -0.2) is 4.39 Å². The molecule has 0 radical (unpaired) electrons. The highest BCUT2D eigenvalue weighted by Crippen LogP contribution is 2.22. The van der Waals surface area contributed by atoms with E-state index < -0.39 is 0 Å².